The highest BCUT2D eigenvalue weighted by atomic mass is 16.1. The summed E-state index contributed by atoms with van der Waals surface area (Å²) >= 11 is 0. The van der Waals surface area contributed by atoms with Crippen molar-refractivity contribution in [3.8, 4) is 0 Å². The number of anilines is 1. The molecule has 80 valence electrons. The largest absolute Gasteiger partial charge is 0.381 e. The summed E-state index contributed by atoms with van der Waals surface area (Å²) in [5.41, 5.74) is 7.18. The molecule has 0 atom stereocenters. The third kappa shape index (κ3) is 3.85. The Balaban J connectivity index is 0.000000195. The number of nitrogens with two attached hydrogens (primary N) is 1. The summed E-state index contributed by atoms with van der Waals surface area (Å²) in [6.45, 7) is 2.68. The lowest BCUT2D eigenvalue weighted by atomic mass is 10.1. The predicted octanol–water partition coefficient (Wildman–Crippen LogP) is 2.01. The minimum absolute atomic E-state index is 0.245. The zero-order valence-corrected chi connectivity index (χ0v) is 8.86. The molecule has 1 aromatic rings. The van der Waals surface area contributed by atoms with Crippen LogP contribution in [0.4, 0.5) is 5.69 Å². The van der Waals surface area contributed by atoms with Crippen LogP contribution in [0.5, 0.6) is 0 Å². The van der Waals surface area contributed by atoms with Crippen LogP contribution in [-0.2, 0) is 4.79 Å². The molecule has 3 heteroatoms. The molecule has 1 aromatic carbocycles. The van der Waals surface area contributed by atoms with Crippen LogP contribution in [0.1, 0.15) is 18.9 Å². The van der Waals surface area contributed by atoms with E-state index in [2.05, 4.69) is 41.4 Å². The molecule has 0 unspecified atom stereocenters. The number of fused-ring (bicyclic) bond motifs is 1. The number of primary amides is 1. The summed E-state index contributed by atoms with van der Waals surface area (Å²) in [4.78, 5) is 9.59. The molecular formula is C12H16N2O. The van der Waals surface area contributed by atoms with Gasteiger partial charge in [-0.15, -0.1) is 0 Å². The van der Waals surface area contributed by atoms with Crippen molar-refractivity contribution in [3.63, 3.8) is 0 Å². The van der Waals surface area contributed by atoms with Crippen molar-refractivity contribution in [2.45, 2.75) is 13.3 Å². The van der Waals surface area contributed by atoms with Crippen molar-refractivity contribution in [2.75, 3.05) is 11.9 Å². The topological polar surface area (TPSA) is 55.1 Å². The molecule has 0 spiro atoms. The molecule has 0 saturated carbocycles. The van der Waals surface area contributed by atoms with E-state index < -0.39 is 0 Å². The minimum Gasteiger partial charge on any atom is -0.381 e. The van der Waals surface area contributed by atoms with E-state index in [0.29, 0.717) is 6.42 Å². The summed E-state index contributed by atoms with van der Waals surface area (Å²) < 4.78 is 0. The number of hydrogen-bond acceptors (Lipinski definition) is 2. The zero-order valence-electron chi connectivity index (χ0n) is 8.86. The molecule has 1 amide bonds. The first kappa shape index (κ1) is 11.3. The SMILES string of the molecule is C1=Cc2ccccc2NC1.CCC(N)=O. The Kier molecular flexibility index (Phi) is 4.41. The fraction of sp³-hybridized carbons (Fsp3) is 0.250. The molecule has 2 rings (SSSR count). The van der Waals surface area contributed by atoms with Crippen molar-refractivity contribution in [3.05, 3.63) is 35.9 Å². The van der Waals surface area contributed by atoms with Crippen molar-refractivity contribution in [1.82, 2.24) is 0 Å². The second kappa shape index (κ2) is 5.86. The average Bonchev–Trinajstić information content (AvgIpc) is 2.30. The minimum atomic E-state index is -0.245. The predicted molar refractivity (Wildman–Crippen MR) is 63.5 cm³/mol. The van der Waals surface area contributed by atoms with E-state index in [1.807, 2.05) is 6.07 Å². The second-order valence-corrected chi connectivity index (χ2v) is 3.19. The van der Waals surface area contributed by atoms with Crippen molar-refractivity contribution in [1.29, 1.82) is 0 Å². The molecular weight excluding hydrogens is 188 g/mol. The smallest absolute Gasteiger partial charge is 0.217 e. The first-order valence-corrected chi connectivity index (χ1v) is 5.01. The zero-order chi connectivity index (χ0) is 11.1. The number of para-hydroxylation sites is 1. The fourth-order valence-electron chi connectivity index (χ4n) is 1.16. The van der Waals surface area contributed by atoms with Crippen LogP contribution in [-0.4, -0.2) is 12.5 Å². The van der Waals surface area contributed by atoms with Crippen LogP contribution in [0.25, 0.3) is 6.08 Å². The van der Waals surface area contributed by atoms with Crippen LogP contribution in [0.15, 0.2) is 30.3 Å². The van der Waals surface area contributed by atoms with Crippen LogP contribution in [0.2, 0.25) is 0 Å². The fourth-order valence-corrected chi connectivity index (χ4v) is 1.16. The molecule has 0 fully saturated rings. The third-order valence-electron chi connectivity index (χ3n) is 2.02. The monoisotopic (exact) mass is 204 g/mol. The van der Waals surface area contributed by atoms with E-state index in [4.69, 9.17) is 0 Å². The molecule has 0 saturated heterocycles. The van der Waals surface area contributed by atoms with E-state index in [9.17, 15) is 4.79 Å². The Hall–Kier alpha value is -1.77. The number of hydrogen-bond donors (Lipinski definition) is 2. The maximum atomic E-state index is 9.59. The second-order valence-electron chi connectivity index (χ2n) is 3.19. The normalized spacial score (nSPS) is 11.8. The van der Waals surface area contributed by atoms with Gasteiger partial charge >= 0.3 is 0 Å². The number of benzene rings is 1. The van der Waals surface area contributed by atoms with Crippen LogP contribution in [0, 0.1) is 0 Å². The van der Waals surface area contributed by atoms with Gasteiger partial charge in [0.1, 0.15) is 0 Å². The molecule has 3 N–H and O–H groups in total. The molecule has 1 heterocycles. The van der Waals surface area contributed by atoms with E-state index in [-0.39, 0.29) is 5.91 Å². The first-order valence-electron chi connectivity index (χ1n) is 5.01. The quantitative estimate of drug-likeness (QED) is 0.735. The lowest BCUT2D eigenvalue weighted by Crippen LogP contribution is -2.06. The summed E-state index contributed by atoms with van der Waals surface area (Å²) in [5, 5.41) is 3.28. The Labute approximate surface area is 90.0 Å². The summed E-state index contributed by atoms with van der Waals surface area (Å²) in [6.07, 6.45) is 4.72. The van der Waals surface area contributed by atoms with Gasteiger partial charge in [0.2, 0.25) is 5.91 Å². The van der Waals surface area contributed by atoms with E-state index in [1.165, 1.54) is 11.3 Å². The van der Waals surface area contributed by atoms with Crippen LogP contribution >= 0.6 is 0 Å². The number of nitrogens with one attached hydrogen (secondary N) is 1. The Morgan fingerprint density at radius 2 is 2.13 bits per heavy atom. The highest BCUT2D eigenvalue weighted by Gasteiger charge is 1.98. The van der Waals surface area contributed by atoms with Crippen molar-refractivity contribution in [2.24, 2.45) is 5.73 Å². The molecule has 3 nitrogen and oxygen atoms in total. The lowest BCUT2D eigenvalue weighted by Gasteiger charge is -2.11. The van der Waals surface area contributed by atoms with Gasteiger partial charge in [-0.2, -0.15) is 0 Å². The number of rotatable bonds is 1. The van der Waals surface area contributed by atoms with E-state index in [0.717, 1.165) is 6.54 Å². The highest BCUT2D eigenvalue weighted by molar-refractivity contribution is 5.73. The first-order chi connectivity index (χ1) is 7.24. The number of amides is 1. The maximum Gasteiger partial charge on any atom is 0.217 e. The summed E-state index contributed by atoms with van der Waals surface area (Å²) in [6, 6.07) is 8.30. The van der Waals surface area contributed by atoms with Crippen molar-refractivity contribution >= 4 is 17.7 Å². The van der Waals surface area contributed by atoms with E-state index in [1.54, 1.807) is 6.92 Å². The molecule has 0 radical (unpaired) electrons. The van der Waals surface area contributed by atoms with Gasteiger partial charge in [-0.25, -0.2) is 0 Å². The van der Waals surface area contributed by atoms with Gasteiger partial charge in [-0.05, 0) is 11.6 Å². The van der Waals surface area contributed by atoms with Gasteiger partial charge in [0.05, 0.1) is 0 Å². The lowest BCUT2D eigenvalue weighted by molar-refractivity contribution is -0.117. The van der Waals surface area contributed by atoms with Crippen LogP contribution < -0.4 is 11.1 Å². The molecule has 0 aliphatic carbocycles. The maximum absolute atomic E-state index is 9.59. The van der Waals surface area contributed by atoms with E-state index >= 15 is 0 Å². The van der Waals surface area contributed by atoms with Crippen LogP contribution in [0.3, 0.4) is 0 Å². The Bertz CT molecular complexity index is 358. The van der Waals surface area contributed by atoms with Gasteiger partial charge < -0.3 is 11.1 Å². The van der Waals surface area contributed by atoms with Gasteiger partial charge in [0.15, 0.2) is 0 Å². The molecule has 0 aromatic heterocycles. The molecule has 0 bridgehead atoms. The van der Waals surface area contributed by atoms with Gasteiger partial charge in [-0.3, -0.25) is 4.79 Å². The average molecular weight is 204 g/mol. The standard InChI is InChI=1S/C9H9N.C3H7NO/c1-2-6-9-8(4-1)5-3-7-10-9;1-2-3(4)5/h1-6,10H,7H2;2H2,1H3,(H2,4,5). The van der Waals surface area contributed by atoms with Gasteiger partial charge in [0, 0.05) is 18.7 Å². The van der Waals surface area contributed by atoms with Crippen molar-refractivity contribution < 1.29 is 4.79 Å². The third-order valence-corrected chi connectivity index (χ3v) is 2.02. The Morgan fingerprint density at radius 1 is 1.47 bits per heavy atom. The highest BCUT2D eigenvalue weighted by Crippen LogP contribution is 2.18. The number of carbonyl (C=O) groups excluding carboxylic acids is 1. The van der Waals surface area contributed by atoms with Gasteiger partial charge in [-0.1, -0.05) is 37.3 Å². The summed E-state index contributed by atoms with van der Waals surface area (Å²) in [5.74, 6) is -0.245. The Morgan fingerprint density at radius 3 is 2.73 bits per heavy atom. The van der Waals surface area contributed by atoms with Gasteiger partial charge in [0.25, 0.3) is 0 Å². The summed E-state index contributed by atoms with van der Waals surface area (Å²) in [7, 11) is 0. The molecule has 1 aliphatic rings. The number of carbonyl (C=O) groups is 1. The molecule has 1 aliphatic heterocycles. The molecule has 15 heavy (non-hydrogen) atoms.